The molecular weight excluding hydrogens is 230 g/mol. The largest absolute Gasteiger partial charge is 0.327 e. The van der Waals surface area contributed by atoms with E-state index in [1.54, 1.807) is 0 Å². The normalized spacial score (nSPS) is 11.3. The first kappa shape index (κ1) is 7.36. The van der Waals surface area contributed by atoms with Crippen LogP contribution in [0.4, 0.5) is 0 Å². The van der Waals surface area contributed by atoms with Crippen LogP contribution in [0.3, 0.4) is 0 Å². The maximum atomic E-state index is 9.67. The Morgan fingerprint density at radius 3 is 1.86 bits per heavy atom. The third kappa shape index (κ3) is 2.99. The summed E-state index contributed by atoms with van der Waals surface area (Å²) in [5, 5.41) is 9.67. The van der Waals surface area contributed by atoms with E-state index in [9.17, 15) is 10.1 Å². The Kier molecular flexibility index (Phi) is 2.19. The highest BCUT2D eigenvalue weighted by atomic mass is 79.9. The fraction of sp³-hybridized carbons (Fsp3) is 0.500. The molecule has 5 heteroatoms. The van der Waals surface area contributed by atoms with Gasteiger partial charge in [0.25, 0.3) is 0 Å². The third-order valence-electron chi connectivity index (χ3n) is 0.267. The minimum Gasteiger partial charge on any atom is -0.262 e. The van der Waals surface area contributed by atoms with Crippen molar-refractivity contribution >= 4 is 31.9 Å². The highest BCUT2D eigenvalue weighted by molar-refractivity contribution is 9.25. The van der Waals surface area contributed by atoms with Crippen molar-refractivity contribution in [3.8, 4) is 0 Å². The number of nitrogens with zero attached hydrogens (tertiary/aromatic N) is 1. The molecule has 0 aliphatic rings. The maximum absolute atomic E-state index is 9.67. The summed E-state index contributed by atoms with van der Waals surface area (Å²) in [5.74, 6) is 0. The van der Waals surface area contributed by atoms with Crippen LogP contribution in [0.5, 0.6) is 0 Å². The summed E-state index contributed by atoms with van der Waals surface area (Å²) in [6, 6.07) is 0. The smallest absolute Gasteiger partial charge is 0.262 e. The van der Waals surface area contributed by atoms with E-state index in [-0.39, 0.29) is 0 Å². The molecule has 0 heterocycles. The second-order valence-corrected chi connectivity index (χ2v) is 4.61. The summed E-state index contributed by atoms with van der Waals surface area (Å²) in [4.78, 5) is 9.08. The monoisotopic (exact) mass is 230 g/mol. The van der Waals surface area contributed by atoms with Crippen LogP contribution in [0.1, 0.15) is 0 Å². The van der Waals surface area contributed by atoms with Gasteiger partial charge in [-0.2, -0.15) is 0 Å². The van der Waals surface area contributed by atoms with Gasteiger partial charge in [-0.3, -0.25) is 10.1 Å². The maximum Gasteiger partial charge on any atom is 0.327 e. The first-order valence-corrected chi connectivity index (χ1v) is 2.91. The number of hydrogen-bond donors (Lipinski definition) is 0. The molecular formula is C2H2Br2NO2. The van der Waals surface area contributed by atoms with Crippen molar-refractivity contribution < 1.29 is 4.92 Å². The van der Waals surface area contributed by atoms with Crippen LogP contribution in [0, 0.1) is 17.0 Å². The average Bonchev–Trinajstić information content (AvgIpc) is 1.31. The van der Waals surface area contributed by atoms with E-state index < -0.39 is 8.28 Å². The topological polar surface area (TPSA) is 43.1 Å². The molecule has 0 aromatic rings. The fourth-order valence-electron chi connectivity index (χ4n) is 0. The van der Waals surface area contributed by atoms with Gasteiger partial charge in [0.1, 0.15) is 0 Å². The van der Waals surface area contributed by atoms with E-state index in [2.05, 4.69) is 38.8 Å². The minimum atomic E-state index is -1.40. The Morgan fingerprint density at radius 1 is 1.71 bits per heavy atom. The molecule has 0 saturated heterocycles. The molecule has 0 fully saturated rings. The number of halogens is 2. The predicted octanol–water partition coefficient (Wildman–Crippen LogP) is 1.54. The second kappa shape index (κ2) is 2.09. The third-order valence-corrected chi connectivity index (χ3v) is 0.846. The zero-order chi connectivity index (χ0) is 6.08. The second-order valence-electron chi connectivity index (χ2n) is 0.923. The summed E-state index contributed by atoms with van der Waals surface area (Å²) < 4.78 is -1.40. The number of hydrogen-bond acceptors (Lipinski definition) is 2. The first-order valence-electron chi connectivity index (χ1n) is 1.32. The summed E-state index contributed by atoms with van der Waals surface area (Å²) in [6.07, 6.45) is 0. The van der Waals surface area contributed by atoms with E-state index in [1.807, 2.05) is 0 Å². The van der Waals surface area contributed by atoms with Gasteiger partial charge in [-0.1, -0.05) is 0 Å². The summed E-state index contributed by atoms with van der Waals surface area (Å²) in [5.41, 5.74) is 0. The van der Waals surface area contributed by atoms with Gasteiger partial charge in [0.2, 0.25) is 0 Å². The summed E-state index contributed by atoms with van der Waals surface area (Å²) >= 11 is 5.30. The van der Waals surface area contributed by atoms with Crippen LogP contribution in [-0.2, 0) is 0 Å². The lowest BCUT2D eigenvalue weighted by Gasteiger charge is -2.00. The van der Waals surface area contributed by atoms with Crippen molar-refractivity contribution in [1.29, 1.82) is 0 Å². The molecule has 0 spiro atoms. The molecule has 0 bridgehead atoms. The molecule has 3 nitrogen and oxygen atoms in total. The number of nitro groups is 1. The lowest BCUT2D eigenvalue weighted by molar-refractivity contribution is -0.492. The zero-order valence-electron chi connectivity index (χ0n) is 3.23. The van der Waals surface area contributed by atoms with Gasteiger partial charge in [0, 0.05) is 43.7 Å². The number of rotatable bonds is 1. The molecule has 0 aromatic heterocycles. The molecule has 1 radical (unpaired) electrons. The molecule has 0 rings (SSSR count). The van der Waals surface area contributed by atoms with Crippen LogP contribution in [0.15, 0.2) is 0 Å². The van der Waals surface area contributed by atoms with E-state index >= 15 is 0 Å². The van der Waals surface area contributed by atoms with E-state index in [0.717, 1.165) is 0 Å². The summed E-state index contributed by atoms with van der Waals surface area (Å²) in [6.45, 7) is 3.10. The SMILES string of the molecule is [CH2]C(Br)(Br)[N+](=O)[O-]. The lowest BCUT2D eigenvalue weighted by Crippen LogP contribution is -2.17. The van der Waals surface area contributed by atoms with Gasteiger partial charge in [0.05, 0.1) is 0 Å². The molecule has 0 amide bonds. The van der Waals surface area contributed by atoms with Crippen LogP contribution in [0.25, 0.3) is 0 Å². The highest BCUT2D eigenvalue weighted by Crippen LogP contribution is 2.23. The van der Waals surface area contributed by atoms with Crippen molar-refractivity contribution in [2.45, 2.75) is 3.36 Å². The Bertz CT molecular complexity index is 86.2. The molecule has 0 unspecified atom stereocenters. The van der Waals surface area contributed by atoms with Crippen LogP contribution >= 0.6 is 31.9 Å². The van der Waals surface area contributed by atoms with Gasteiger partial charge >= 0.3 is 3.36 Å². The van der Waals surface area contributed by atoms with Crippen LogP contribution in [-0.4, -0.2) is 8.28 Å². The Hall–Kier alpha value is 0.360. The van der Waals surface area contributed by atoms with Gasteiger partial charge < -0.3 is 0 Å². The predicted molar refractivity (Wildman–Crippen MR) is 32.9 cm³/mol. The van der Waals surface area contributed by atoms with Crippen molar-refractivity contribution in [2.24, 2.45) is 0 Å². The molecule has 0 aromatic carbocycles. The quantitative estimate of drug-likeness (QED) is 0.298. The van der Waals surface area contributed by atoms with Gasteiger partial charge in [-0.25, -0.2) is 0 Å². The van der Waals surface area contributed by atoms with Crippen LogP contribution in [0.2, 0.25) is 0 Å². The number of alkyl halides is 2. The van der Waals surface area contributed by atoms with Crippen LogP contribution < -0.4 is 0 Å². The fourth-order valence-corrected chi connectivity index (χ4v) is 0. The highest BCUT2D eigenvalue weighted by Gasteiger charge is 2.28. The average molecular weight is 232 g/mol. The lowest BCUT2D eigenvalue weighted by atomic mass is 10.8. The van der Waals surface area contributed by atoms with E-state index in [4.69, 9.17) is 0 Å². The molecule has 0 atom stereocenters. The van der Waals surface area contributed by atoms with Crippen molar-refractivity contribution in [1.82, 2.24) is 0 Å². The van der Waals surface area contributed by atoms with Crippen molar-refractivity contribution in [2.75, 3.05) is 0 Å². The van der Waals surface area contributed by atoms with Crippen molar-refractivity contribution in [3.63, 3.8) is 0 Å². The van der Waals surface area contributed by atoms with Gasteiger partial charge in [0.15, 0.2) is 0 Å². The minimum absolute atomic E-state index is 0.590. The molecule has 0 saturated carbocycles. The molecule has 0 aliphatic carbocycles. The Labute approximate surface area is 57.5 Å². The standard InChI is InChI=1S/C2H2Br2NO2/c1-2(3,4)5(6)7/h1H2. The molecule has 0 aliphatic heterocycles. The Morgan fingerprint density at radius 2 is 1.86 bits per heavy atom. The van der Waals surface area contributed by atoms with Crippen molar-refractivity contribution in [3.05, 3.63) is 17.0 Å². The Balaban J connectivity index is 3.79. The van der Waals surface area contributed by atoms with E-state index in [0.29, 0.717) is 0 Å². The summed E-state index contributed by atoms with van der Waals surface area (Å²) in [7, 11) is 0. The van der Waals surface area contributed by atoms with E-state index in [1.165, 1.54) is 0 Å². The van der Waals surface area contributed by atoms with Gasteiger partial charge in [-0.05, 0) is 0 Å². The molecule has 7 heavy (non-hydrogen) atoms. The first-order chi connectivity index (χ1) is 2.94. The molecule has 41 valence electrons. The molecule has 0 N–H and O–H groups in total. The zero-order valence-corrected chi connectivity index (χ0v) is 6.40. The van der Waals surface area contributed by atoms with Gasteiger partial charge in [-0.15, -0.1) is 0 Å².